The number of imide groups is 1. The molecule has 4 rings (SSSR count). The molecular weight excluding hydrogens is 557 g/mol. The maximum absolute atomic E-state index is 13.1. The molecule has 2 heterocycles. The number of alkyl halides is 3. The molecule has 222 valence electrons. The molecule has 11 nitrogen and oxygen atoms in total. The van der Waals surface area contributed by atoms with Crippen LogP contribution in [0.25, 0.3) is 0 Å². The fraction of sp³-hybridized carbons (Fsp3) is 0.357. The standard InChI is InChI=1S/C28H29F3N6O5/c1-15(2)22(24(39)25-33-21(42-35-25)13-16-6-5-7-18(12-16)28(29,30)31)32-20(38)14-37-26(40)23(34-27(37)41)17-8-10-19(11-9-17)36(3)4/h5-12,15,22-23H,13-14H2,1-4H3,(H,32,38)(H,34,41)/t22-,23?/m0/s1. The van der Waals surface area contributed by atoms with Crippen molar-refractivity contribution in [2.45, 2.75) is 38.5 Å². The topological polar surface area (TPSA) is 138 Å². The van der Waals surface area contributed by atoms with Gasteiger partial charge in [-0.3, -0.25) is 19.3 Å². The zero-order chi connectivity index (χ0) is 30.8. The molecule has 2 atom stereocenters. The number of carbonyl (C=O) groups excluding carboxylic acids is 4. The lowest BCUT2D eigenvalue weighted by Gasteiger charge is -2.21. The molecule has 1 saturated heterocycles. The van der Waals surface area contributed by atoms with Gasteiger partial charge < -0.3 is 20.1 Å². The third-order valence-electron chi connectivity index (χ3n) is 6.63. The van der Waals surface area contributed by atoms with Crippen LogP contribution in [0.4, 0.5) is 23.7 Å². The van der Waals surface area contributed by atoms with E-state index in [9.17, 15) is 32.3 Å². The fourth-order valence-electron chi connectivity index (χ4n) is 4.36. The Hall–Kier alpha value is -4.75. The van der Waals surface area contributed by atoms with Crippen LogP contribution in [0.5, 0.6) is 0 Å². The van der Waals surface area contributed by atoms with Gasteiger partial charge in [0.05, 0.1) is 18.0 Å². The molecule has 2 N–H and O–H groups in total. The van der Waals surface area contributed by atoms with Gasteiger partial charge in [0, 0.05) is 19.8 Å². The first-order chi connectivity index (χ1) is 19.7. The van der Waals surface area contributed by atoms with Gasteiger partial charge in [0.2, 0.25) is 23.4 Å². The minimum Gasteiger partial charge on any atom is -0.378 e. The number of nitrogens with one attached hydrogen (secondary N) is 2. The van der Waals surface area contributed by atoms with Crippen LogP contribution in [-0.2, 0) is 22.2 Å². The first-order valence-corrected chi connectivity index (χ1v) is 13.0. The Morgan fingerprint density at radius 3 is 2.43 bits per heavy atom. The Bertz CT molecular complexity index is 1490. The lowest BCUT2D eigenvalue weighted by Crippen LogP contribution is -2.49. The molecule has 0 bridgehead atoms. The van der Waals surface area contributed by atoms with Crippen LogP contribution >= 0.6 is 0 Å². The highest BCUT2D eigenvalue weighted by Crippen LogP contribution is 2.30. The van der Waals surface area contributed by atoms with Gasteiger partial charge >= 0.3 is 12.2 Å². The summed E-state index contributed by atoms with van der Waals surface area (Å²) in [6, 6.07) is 8.76. The average Bonchev–Trinajstić information content (AvgIpc) is 3.51. The van der Waals surface area contributed by atoms with Crippen molar-refractivity contribution >= 4 is 29.3 Å². The number of halogens is 3. The number of rotatable bonds is 10. The van der Waals surface area contributed by atoms with Crippen molar-refractivity contribution in [3.8, 4) is 0 Å². The number of anilines is 1. The quantitative estimate of drug-likeness (QED) is 0.273. The maximum Gasteiger partial charge on any atom is 0.416 e. The molecular formula is C28H29F3N6O5. The summed E-state index contributed by atoms with van der Waals surface area (Å²) in [5, 5.41) is 8.73. The second-order valence-electron chi connectivity index (χ2n) is 10.3. The predicted molar refractivity (Wildman–Crippen MR) is 143 cm³/mol. The maximum atomic E-state index is 13.1. The van der Waals surface area contributed by atoms with E-state index in [0.717, 1.165) is 22.7 Å². The van der Waals surface area contributed by atoms with Crippen LogP contribution in [-0.4, -0.2) is 65.4 Å². The number of Topliss-reactive ketones (excluding diaryl/α,β-unsaturated/α-hetero) is 1. The molecule has 2 aromatic carbocycles. The minimum atomic E-state index is -4.52. The number of carbonyl (C=O) groups is 4. The summed E-state index contributed by atoms with van der Waals surface area (Å²) < 4.78 is 44.1. The zero-order valence-electron chi connectivity index (χ0n) is 23.2. The highest BCUT2D eigenvalue weighted by molar-refractivity contribution is 6.07. The van der Waals surface area contributed by atoms with Crippen LogP contribution in [0.2, 0.25) is 0 Å². The molecule has 0 saturated carbocycles. The van der Waals surface area contributed by atoms with Crippen LogP contribution in [0.15, 0.2) is 53.1 Å². The van der Waals surface area contributed by atoms with E-state index < -0.39 is 59.9 Å². The van der Waals surface area contributed by atoms with Crippen molar-refractivity contribution in [2.75, 3.05) is 25.5 Å². The van der Waals surface area contributed by atoms with Crippen LogP contribution in [0.1, 0.15) is 53.1 Å². The summed E-state index contributed by atoms with van der Waals surface area (Å²) in [6.45, 7) is 2.70. The molecule has 1 aromatic heterocycles. The summed E-state index contributed by atoms with van der Waals surface area (Å²) in [4.78, 5) is 58.1. The normalized spacial score (nSPS) is 16.0. The molecule has 42 heavy (non-hydrogen) atoms. The van der Waals surface area contributed by atoms with Crippen molar-refractivity contribution in [3.63, 3.8) is 0 Å². The fourth-order valence-corrected chi connectivity index (χ4v) is 4.36. The molecule has 14 heteroatoms. The SMILES string of the molecule is CC(C)[C@H](NC(=O)CN1C(=O)NC(c2ccc(N(C)C)cc2)C1=O)C(=O)c1noc(Cc2cccc(C(F)(F)F)c2)n1. The number of hydrogen-bond acceptors (Lipinski definition) is 8. The monoisotopic (exact) mass is 586 g/mol. The first kappa shape index (κ1) is 30.2. The third kappa shape index (κ3) is 6.75. The van der Waals surface area contributed by atoms with Gasteiger partial charge in [-0.1, -0.05) is 49.3 Å². The molecule has 4 amide bonds. The van der Waals surface area contributed by atoms with Crippen molar-refractivity contribution in [3.05, 3.63) is 76.9 Å². The Labute approximate surface area is 239 Å². The Morgan fingerprint density at radius 2 is 1.81 bits per heavy atom. The Balaban J connectivity index is 1.40. The van der Waals surface area contributed by atoms with E-state index in [1.54, 1.807) is 38.1 Å². The Kier molecular flexibility index (Phi) is 8.64. The van der Waals surface area contributed by atoms with Gasteiger partial charge in [-0.2, -0.15) is 18.2 Å². The van der Waals surface area contributed by atoms with E-state index in [0.29, 0.717) is 5.56 Å². The van der Waals surface area contributed by atoms with Gasteiger partial charge in [-0.15, -0.1) is 0 Å². The molecule has 1 aliphatic rings. The number of ketones is 1. The van der Waals surface area contributed by atoms with Crippen molar-refractivity contribution in [2.24, 2.45) is 5.92 Å². The summed E-state index contributed by atoms with van der Waals surface area (Å²) in [5.41, 5.74) is 0.870. The van der Waals surface area contributed by atoms with E-state index in [-0.39, 0.29) is 23.7 Å². The lowest BCUT2D eigenvalue weighted by molar-refractivity contribution is -0.137. The van der Waals surface area contributed by atoms with Crippen molar-refractivity contribution < 1.29 is 36.9 Å². The largest absolute Gasteiger partial charge is 0.416 e. The summed E-state index contributed by atoms with van der Waals surface area (Å²) in [6.07, 6.45) is -4.67. The summed E-state index contributed by atoms with van der Waals surface area (Å²) >= 11 is 0. The van der Waals surface area contributed by atoms with Gasteiger partial charge in [0.15, 0.2) is 0 Å². The average molecular weight is 587 g/mol. The summed E-state index contributed by atoms with van der Waals surface area (Å²) in [7, 11) is 3.73. The second-order valence-corrected chi connectivity index (χ2v) is 10.3. The Morgan fingerprint density at radius 1 is 1.12 bits per heavy atom. The molecule has 0 radical (unpaired) electrons. The number of hydrogen-bond donors (Lipinski definition) is 2. The number of urea groups is 1. The van der Waals surface area contributed by atoms with E-state index in [2.05, 4.69) is 20.8 Å². The lowest BCUT2D eigenvalue weighted by atomic mass is 9.99. The molecule has 0 spiro atoms. The molecule has 0 aliphatic carbocycles. The van der Waals surface area contributed by atoms with Gasteiger partial charge in [-0.25, -0.2) is 4.79 Å². The van der Waals surface area contributed by atoms with E-state index in [1.165, 1.54) is 12.1 Å². The van der Waals surface area contributed by atoms with E-state index >= 15 is 0 Å². The van der Waals surface area contributed by atoms with Crippen molar-refractivity contribution in [1.29, 1.82) is 0 Å². The second kappa shape index (κ2) is 12.0. The van der Waals surface area contributed by atoms with E-state index in [1.807, 2.05) is 19.0 Å². The molecule has 3 aromatic rings. The number of aromatic nitrogens is 2. The molecule has 1 fully saturated rings. The summed E-state index contributed by atoms with van der Waals surface area (Å²) in [5.74, 6) is -2.98. The minimum absolute atomic E-state index is 0.0875. The van der Waals surface area contributed by atoms with Gasteiger partial charge in [0.25, 0.3) is 5.91 Å². The van der Waals surface area contributed by atoms with E-state index in [4.69, 9.17) is 4.52 Å². The van der Waals surface area contributed by atoms with Gasteiger partial charge in [-0.05, 0) is 35.2 Å². The smallest absolute Gasteiger partial charge is 0.378 e. The van der Waals surface area contributed by atoms with Crippen molar-refractivity contribution in [1.82, 2.24) is 25.7 Å². The number of benzene rings is 2. The third-order valence-corrected chi connectivity index (χ3v) is 6.63. The zero-order valence-corrected chi connectivity index (χ0v) is 23.2. The van der Waals surface area contributed by atoms with Crippen LogP contribution < -0.4 is 15.5 Å². The number of nitrogens with zero attached hydrogens (tertiary/aromatic N) is 4. The van der Waals surface area contributed by atoms with Crippen LogP contribution in [0, 0.1) is 5.92 Å². The van der Waals surface area contributed by atoms with Gasteiger partial charge in [0.1, 0.15) is 12.6 Å². The molecule has 1 aliphatic heterocycles. The predicted octanol–water partition coefficient (Wildman–Crippen LogP) is 3.36. The highest BCUT2D eigenvalue weighted by atomic mass is 19.4. The number of amides is 4. The highest BCUT2D eigenvalue weighted by Gasteiger charge is 2.40. The first-order valence-electron chi connectivity index (χ1n) is 13.0. The van der Waals surface area contributed by atoms with Crippen LogP contribution in [0.3, 0.4) is 0 Å². The molecule has 1 unspecified atom stereocenters.